The van der Waals surface area contributed by atoms with Gasteiger partial charge in [-0.3, -0.25) is 0 Å². The molecule has 1 unspecified atom stereocenters. The third-order valence-electron chi connectivity index (χ3n) is 4.00. The number of benzene rings is 1. The minimum Gasteiger partial charge on any atom is -0.337 e. The number of hydrogen-bond acceptors (Lipinski definition) is 5. The standard InChI is InChI=1S/C15H16ClN5O2S/c1-20-6-5-19-15(20)13-10-18-4-7-21(13)24(22,23)14-3-2-11(9-17)8-12(14)16/h2-3,5-6,8,13,18H,4,7,10H2,1H3. The number of rotatable bonds is 3. The van der Waals surface area contributed by atoms with Crippen molar-refractivity contribution in [3.05, 3.63) is 47.0 Å². The predicted octanol–water partition coefficient (Wildman–Crippen LogP) is 1.28. The Kier molecular flexibility index (Phi) is 4.60. The Morgan fingerprint density at radius 1 is 1.46 bits per heavy atom. The SMILES string of the molecule is Cn1ccnc1C1CNCCN1S(=O)(=O)c1ccc(C#N)cc1Cl. The maximum Gasteiger partial charge on any atom is 0.245 e. The Labute approximate surface area is 145 Å². The summed E-state index contributed by atoms with van der Waals surface area (Å²) in [5.41, 5.74) is 0.319. The maximum atomic E-state index is 13.1. The van der Waals surface area contributed by atoms with Crippen LogP contribution in [0.3, 0.4) is 0 Å². The fraction of sp³-hybridized carbons (Fsp3) is 0.333. The molecule has 7 nitrogen and oxygen atoms in total. The number of nitrogens with one attached hydrogen (secondary N) is 1. The van der Waals surface area contributed by atoms with Gasteiger partial charge in [-0.25, -0.2) is 13.4 Å². The quantitative estimate of drug-likeness (QED) is 0.884. The van der Waals surface area contributed by atoms with Gasteiger partial charge in [0.25, 0.3) is 0 Å². The molecule has 1 aromatic carbocycles. The summed E-state index contributed by atoms with van der Waals surface area (Å²) in [6, 6.07) is 5.73. The number of imidazole rings is 1. The van der Waals surface area contributed by atoms with E-state index in [1.54, 1.807) is 17.0 Å². The van der Waals surface area contributed by atoms with Gasteiger partial charge in [0.1, 0.15) is 10.7 Å². The van der Waals surface area contributed by atoms with E-state index in [0.717, 1.165) is 0 Å². The smallest absolute Gasteiger partial charge is 0.245 e. The second-order valence-corrected chi connectivity index (χ2v) is 7.76. The van der Waals surface area contributed by atoms with Crippen molar-refractivity contribution in [2.24, 2.45) is 7.05 Å². The first kappa shape index (κ1) is 16.9. The predicted molar refractivity (Wildman–Crippen MR) is 88.9 cm³/mol. The lowest BCUT2D eigenvalue weighted by Crippen LogP contribution is -2.49. The van der Waals surface area contributed by atoms with Crippen molar-refractivity contribution in [1.82, 2.24) is 19.2 Å². The van der Waals surface area contributed by atoms with E-state index in [0.29, 0.717) is 31.0 Å². The van der Waals surface area contributed by atoms with Gasteiger partial charge < -0.3 is 9.88 Å². The second-order valence-electron chi connectivity index (χ2n) is 5.49. The van der Waals surface area contributed by atoms with Crippen LogP contribution in [0.15, 0.2) is 35.5 Å². The van der Waals surface area contributed by atoms with Gasteiger partial charge in [-0.15, -0.1) is 0 Å². The van der Waals surface area contributed by atoms with E-state index < -0.39 is 16.1 Å². The monoisotopic (exact) mass is 365 g/mol. The first-order valence-electron chi connectivity index (χ1n) is 7.34. The fourth-order valence-electron chi connectivity index (χ4n) is 2.80. The van der Waals surface area contributed by atoms with Crippen molar-refractivity contribution in [1.29, 1.82) is 5.26 Å². The highest BCUT2D eigenvalue weighted by Gasteiger charge is 2.37. The van der Waals surface area contributed by atoms with Crippen LogP contribution in [-0.2, 0) is 17.1 Å². The van der Waals surface area contributed by atoms with E-state index >= 15 is 0 Å². The number of piperazine rings is 1. The van der Waals surface area contributed by atoms with Gasteiger partial charge in [0.05, 0.1) is 22.7 Å². The van der Waals surface area contributed by atoms with Crippen molar-refractivity contribution >= 4 is 21.6 Å². The number of aromatic nitrogens is 2. The van der Waals surface area contributed by atoms with Gasteiger partial charge in [-0.1, -0.05) is 11.6 Å². The minimum absolute atomic E-state index is 0.00396. The average molecular weight is 366 g/mol. The molecule has 0 spiro atoms. The van der Waals surface area contributed by atoms with Crippen LogP contribution >= 0.6 is 11.6 Å². The molecule has 24 heavy (non-hydrogen) atoms. The van der Waals surface area contributed by atoms with Crippen LogP contribution in [0.4, 0.5) is 0 Å². The molecule has 126 valence electrons. The summed E-state index contributed by atoms with van der Waals surface area (Å²) in [6.45, 7) is 1.34. The summed E-state index contributed by atoms with van der Waals surface area (Å²) >= 11 is 6.12. The van der Waals surface area contributed by atoms with Crippen LogP contribution in [0.25, 0.3) is 0 Å². The van der Waals surface area contributed by atoms with E-state index in [-0.39, 0.29) is 9.92 Å². The lowest BCUT2D eigenvalue weighted by atomic mass is 10.2. The summed E-state index contributed by atoms with van der Waals surface area (Å²) in [5.74, 6) is 0.663. The van der Waals surface area contributed by atoms with Gasteiger partial charge >= 0.3 is 0 Å². The molecule has 0 amide bonds. The molecule has 1 aliphatic rings. The fourth-order valence-corrected chi connectivity index (χ4v) is 4.90. The van der Waals surface area contributed by atoms with E-state index in [9.17, 15) is 8.42 Å². The van der Waals surface area contributed by atoms with E-state index in [2.05, 4.69) is 10.3 Å². The first-order chi connectivity index (χ1) is 11.4. The molecule has 2 heterocycles. The van der Waals surface area contributed by atoms with Crippen molar-refractivity contribution in [3.8, 4) is 6.07 Å². The topological polar surface area (TPSA) is 91.0 Å². The van der Waals surface area contributed by atoms with Crippen molar-refractivity contribution < 1.29 is 8.42 Å². The Hall–Kier alpha value is -1.92. The summed E-state index contributed by atoms with van der Waals surface area (Å²) in [6.07, 6.45) is 3.42. The molecule has 9 heteroatoms. The largest absolute Gasteiger partial charge is 0.337 e. The van der Waals surface area contributed by atoms with Crippen LogP contribution in [0, 0.1) is 11.3 Å². The van der Waals surface area contributed by atoms with Crippen LogP contribution in [-0.4, -0.2) is 41.9 Å². The van der Waals surface area contributed by atoms with Gasteiger partial charge in [-0.2, -0.15) is 9.57 Å². The molecule has 1 atom stereocenters. The van der Waals surface area contributed by atoms with Gasteiger partial charge in [0.15, 0.2) is 0 Å². The molecule has 1 fully saturated rings. The molecular formula is C15H16ClN5O2S. The van der Waals surface area contributed by atoms with Crippen molar-refractivity contribution in [2.45, 2.75) is 10.9 Å². The summed E-state index contributed by atoms with van der Waals surface area (Å²) in [7, 11) is -1.98. The molecule has 1 N–H and O–H groups in total. The number of aryl methyl sites for hydroxylation is 1. The van der Waals surface area contributed by atoms with E-state index in [1.165, 1.54) is 22.5 Å². The van der Waals surface area contributed by atoms with E-state index in [4.69, 9.17) is 16.9 Å². The molecule has 1 aliphatic heterocycles. The second kappa shape index (κ2) is 6.53. The molecule has 1 saturated heterocycles. The highest BCUT2D eigenvalue weighted by molar-refractivity contribution is 7.89. The zero-order chi connectivity index (χ0) is 17.3. The Bertz CT molecular complexity index is 903. The molecule has 0 saturated carbocycles. The highest BCUT2D eigenvalue weighted by Crippen LogP contribution is 2.31. The lowest BCUT2D eigenvalue weighted by Gasteiger charge is -2.34. The van der Waals surface area contributed by atoms with Crippen molar-refractivity contribution in [3.63, 3.8) is 0 Å². The molecule has 2 aromatic rings. The van der Waals surface area contributed by atoms with Crippen LogP contribution < -0.4 is 5.32 Å². The highest BCUT2D eigenvalue weighted by atomic mass is 35.5. The Balaban J connectivity index is 2.04. The van der Waals surface area contributed by atoms with Gasteiger partial charge in [0, 0.05) is 39.1 Å². The molecular weight excluding hydrogens is 350 g/mol. The Morgan fingerprint density at radius 2 is 2.25 bits per heavy atom. The number of sulfonamides is 1. The molecule has 0 radical (unpaired) electrons. The summed E-state index contributed by atoms with van der Waals surface area (Å²) in [5, 5.41) is 12.2. The number of halogens is 1. The van der Waals surface area contributed by atoms with E-state index in [1.807, 2.05) is 13.1 Å². The third kappa shape index (κ3) is 2.91. The zero-order valence-corrected chi connectivity index (χ0v) is 14.5. The summed E-state index contributed by atoms with van der Waals surface area (Å²) < 4.78 is 29.5. The lowest BCUT2D eigenvalue weighted by molar-refractivity contribution is 0.258. The Morgan fingerprint density at radius 3 is 2.88 bits per heavy atom. The number of nitrogens with zero attached hydrogens (tertiary/aromatic N) is 4. The minimum atomic E-state index is -3.81. The number of nitriles is 1. The zero-order valence-electron chi connectivity index (χ0n) is 13.0. The molecule has 0 aliphatic carbocycles. The molecule has 0 bridgehead atoms. The summed E-state index contributed by atoms with van der Waals surface area (Å²) in [4.78, 5) is 4.29. The van der Waals surface area contributed by atoms with Crippen LogP contribution in [0.1, 0.15) is 17.4 Å². The normalized spacial score (nSPS) is 19.1. The van der Waals surface area contributed by atoms with Gasteiger partial charge in [-0.05, 0) is 18.2 Å². The van der Waals surface area contributed by atoms with Gasteiger partial charge in [0.2, 0.25) is 10.0 Å². The molecule has 3 rings (SSSR count). The van der Waals surface area contributed by atoms with Crippen molar-refractivity contribution in [2.75, 3.05) is 19.6 Å². The maximum absolute atomic E-state index is 13.1. The third-order valence-corrected chi connectivity index (χ3v) is 6.39. The van der Waals surface area contributed by atoms with Crippen LogP contribution in [0.2, 0.25) is 5.02 Å². The molecule has 1 aromatic heterocycles. The average Bonchev–Trinajstić information content (AvgIpc) is 3.00. The first-order valence-corrected chi connectivity index (χ1v) is 9.16. The number of hydrogen-bond donors (Lipinski definition) is 1. The van der Waals surface area contributed by atoms with Crippen LogP contribution in [0.5, 0.6) is 0 Å².